The summed E-state index contributed by atoms with van der Waals surface area (Å²) in [6, 6.07) is 16.0. The minimum absolute atomic E-state index is 0.158. The third-order valence-corrected chi connectivity index (χ3v) is 3.17. The van der Waals surface area contributed by atoms with Gasteiger partial charge in [-0.2, -0.15) is 5.10 Å². The van der Waals surface area contributed by atoms with Crippen molar-refractivity contribution >= 4 is 11.6 Å². The van der Waals surface area contributed by atoms with Crippen LogP contribution in [0.25, 0.3) is 11.3 Å². The van der Waals surface area contributed by atoms with Crippen molar-refractivity contribution in [3.63, 3.8) is 0 Å². The van der Waals surface area contributed by atoms with Crippen LogP contribution in [0.15, 0.2) is 71.8 Å². The summed E-state index contributed by atoms with van der Waals surface area (Å²) in [5.74, 6) is -0.335. The summed E-state index contributed by atoms with van der Waals surface area (Å²) in [5.41, 5.74) is 1.77. The Balaban J connectivity index is 1.80. The van der Waals surface area contributed by atoms with Gasteiger partial charge in [0.05, 0.1) is 17.6 Å². The van der Waals surface area contributed by atoms with Crippen molar-refractivity contribution in [3.05, 3.63) is 77.3 Å². The SMILES string of the molecule is O=C(Cn1nc(-c2ccccc2)ccc1=O)Nc1cccnc1. The molecule has 3 rings (SSSR count). The molecule has 0 saturated carbocycles. The van der Waals surface area contributed by atoms with E-state index in [2.05, 4.69) is 15.4 Å². The fraction of sp³-hybridized carbons (Fsp3) is 0.0588. The number of anilines is 1. The van der Waals surface area contributed by atoms with E-state index in [4.69, 9.17) is 0 Å². The number of rotatable bonds is 4. The van der Waals surface area contributed by atoms with Crippen LogP contribution in [0.5, 0.6) is 0 Å². The third kappa shape index (κ3) is 3.68. The predicted octanol–water partition coefficient (Wildman–Crippen LogP) is 1.94. The number of nitrogens with one attached hydrogen (secondary N) is 1. The molecule has 114 valence electrons. The first-order valence-electron chi connectivity index (χ1n) is 7.06. The highest BCUT2D eigenvalue weighted by molar-refractivity contribution is 5.90. The number of carbonyl (C=O) groups is 1. The molecule has 0 aliphatic heterocycles. The van der Waals surface area contributed by atoms with Gasteiger partial charge in [-0.25, -0.2) is 4.68 Å². The zero-order chi connectivity index (χ0) is 16.1. The highest BCUT2D eigenvalue weighted by Crippen LogP contribution is 2.14. The molecule has 0 aliphatic rings. The van der Waals surface area contributed by atoms with E-state index >= 15 is 0 Å². The van der Waals surface area contributed by atoms with Gasteiger partial charge in [0, 0.05) is 17.8 Å². The van der Waals surface area contributed by atoms with Crippen LogP contribution in [0.3, 0.4) is 0 Å². The van der Waals surface area contributed by atoms with Crippen molar-refractivity contribution in [3.8, 4) is 11.3 Å². The Kier molecular flexibility index (Phi) is 4.24. The van der Waals surface area contributed by atoms with Gasteiger partial charge in [-0.15, -0.1) is 0 Å². The van der Waals surface area contributed by atoms with Gasteiger partial charge in [0.1, 0.15) is 6.54 Å². The van der Waals surface area contributed by atoms with Gasteiger partial charge in [-0.3, -0.25) is 14.6 Å². The van der Waals surface area contributed by atoms with Crippen molar-refractivity contribution < 1.29 is 4.79 Å². The molecule has 0 atom stereocenters. The largest absolute Gasteiger partial charge is 0.323 e. The molecule has 1 amide bonds. The molecule has 1 aromatic carbocycles. The normalized spacial score (nSPS) is 10.3. The number of amides is 1. The Morgan fingerprint density at radius 2 is 1.87 bits per heavy atom. The van der Waals surface area contributed by atoms with Gasteiger partial charge in [-0.1, -0.05) is 30.3 Å². The van der Waals surface area contributed by atoms with Crippen molar-refractivity contribution in [2.75, 3.05) is 5.32 Å². The van der Waals surface area contributed by atoms with Gasteiger partial charge in [-0.05, 0) is 18.2 Å². The summed E-state index contributed by atoms with van der Waals surface area (Å²) in [5, 5.41) is 6.93. The lowest BCUT2D eigenvalue weighted by Crippen LogP contribution is -2.29. The molecule has 0 saturated heterocycles. The molecule has 0 fully saturated rings. The van der Waals surface area contributed by atoms with Crippen molar-refractivity contribution in [1.82, 2.24) is 14.8 Å². The van der Waals surface area contributed by atoms with Gasteiger partial charge in [0.15, 0.2) is 0 Å². The van der Waals surface area contributed by atoms with Crippen molar-refractivity contribution in [2.24, 2.45) is 0 Å². The maximum Gasteiger partial charge on any atom is 0.267 e. The fourth-order valence-corrected chi connectivity index (χ4v) is 2.10. The zero-order valence-electron chi connectivity index (χ0n) is 12.2. The molecule has 1 N–H and O–H groups in total. The fourth-order valence-electron chi connectivity index (χ4n) is 2.10. The van der Waals surface area contributed by atoms with Crippen molar-refractivity contribution in [2.45, 2.75) is 6.54 Å². The smallest absolute Gasteiger partial charge is 0.267 e. The Morgan fingerprint density at radius 1 is 1.04 bits per heavy atom. The lowest BCUT2D eigenvalue weighted by atomic mass is 10.1. The minimum Gasteiger partial charge on any atom is -0.323 e. The monoisotopic (exact) mass is 306 g/mol. The lowest BCUT2D eigenvalue weighted by molar-refractivity contribution is -0.117. The molecular weight excluding hydrogens is 292 g/mol. The number of nitrogens with zero attached hydrogens (tertiary/aromatic N) is 3. The van der Waals surface area contributed by atoms with Gasteiger partial charge in [0.2, 0.25) is 5.91 Å². The molecular formula is C17H14N4O2. The maximum atomic E-state index is 12.0. The van der Waals surface area contributed by atoms with Crippen LogP contribution in [0.1, 0.15) is 0 Å². The van der Waals surface area contributed by atoms with Crippen LogP contribution in [0.4, 0.5) is 5.69 Å². The number of hydrogen-bond acceptors (Lipinski definition) is 4. The van der Waals surface area contributed by atoms with Crippen LogP contribution in [-0.2, 0) is 11.3 Å². The van der Waals surface area contributed by atoms with E-state index < -0.39 is 0 Å². The molecule has 6 nitrogen and oxygen atoms in total. The summed E-state index contributed by atoms with van der Waals surface area (Å²) in [6.07, 6.45) is 3.15. The second-order valence-corrected chi connectivity index (χ2v) is 4.87. The van der Waals surface area contributed by atoms with E-state index in [-0.39, 0.29) is 18.0 Å². The van der Waals surface area contributed by atoms with Crippen LogP contribution in [-0.4, -0.2) is 20.7 Å². The number of pyridine rings is 1. The Morgan fingerprint density at radius 3 is 2.61 bits per heavy atom. The van der Waals surface area contributed by atoms with E-state index in [0.717, 1.165) is 10.2 Å². The predicted molar refractivity (Wildman–Crippen MR) is 86.8 cm³/mol. The van der Waals surface area contributed by atoms with E-state index in [1.807, 2.05) is 30.3 Å². The van der Waals surface area contributed by atoms with Gasteiger partial charge < -0.3 is 5.32 Å². The topological polar surface area (TPSA) is 76.9 Å². The van der Waals surface area contributed by atoms with E-state index in [0.29, 0.717) is 11.4 Å². The second-order valence-electron chi connectivity index (χ2n) is 4.87. The first-order valence-corrected chi connectivity index (χ1v) is 7.06. The highest BCUT2D eigenvalue weighted by atomic mass is 16.2. The Hall–Kier alpha value is -3.28. The first kappa shape index (κ1) is 14.6. The van der Waals surface area contributed by atoms with Crippen LogP contribution in [0.2, 0.25) is 0 Å². The van der Waals surface area contributed by atoms with E-state index in [1.165, 1.54) is 12.3 Å². The van der Waals surface area contributed by atoms with Gasteiger partial charge in [0.25, 0.3) is 5.56 Å². The Bertz CT molecular complexity index is 861. The second kappa shape index (κ2) is 6.65. The molecule has 0 spiro atoms. The molecule has 0 unspecified atom stereocenters. The third-order valence-electron chi connectivity index (χ3n) is 3.17. The van der Waals surface area contributed by atoms with Crippen LogP contribution < -0.4 is 10.9 Å². The molecule has 0 radical (unpaired) electrons. The van der Waals surface area contributed by atoms with E-state index in [1.54, 1.807) is 24.4 Å². The molecule has 2 aromatic heterocycles. The lowest BCUT2D eigenvalue weighted by Gasteiger charge is -2.08. The number of benzene rings is 1. The summed E-state index contributed by atoms with van der Waals surface area (Å²) < 4.78 is 1.15. The molecule has 23 heavy (non-hydrogen) atoms. The minimum atomic E-state index is -0.335. The highest BCUT2D eigenvalue weighted by Gasteiger charge is 2.08. The van der Waals surface area contributed by atoms with Gasteiger partial charge >= 0.3 is 0 Å². The molecule has 2 heterocycles. The standard InChI is InChI=1S/C17H14N4O2/c22-16(19-14-7-4-10-18-11-14)12-21-17(23)9-8-15(20-21)13-5-2-1-3-6-13/h1-11H,12H2,(H,19,22). The number of hydrogen-bond donors (Lipinski definition) is 1. The summed E-state index contributed by atoms with van der Waals surface area (Å²) in [4.78, 5) is 27.9. The van der Waals surface area contributed by atoms with Crippen molar-refractivity contribution in [1.29, 1.82) is 0 Å². The quantitative estimate of drug-likeness (QED) is 0.799. The number of aromatic nitrogens is 3. The van der Waals surface area contributed by atoms with Crippen LogP contribution >= 0.6 is 0 Å². The molecule has 0 bridgehead atoms. The first-order chi connectivity index (χ1) is 11.2. The maximum absolute atomic E-state index is 12.0. The van der Waals surface area contributed by atoms with E-state index in [9.17, 15) is 9.59 Å². The average Bonchev–Trinajstić information content (AvgIpc) is 2.58. The summed E-state index contributed by atoms with van der Waals surface area (Å²) >= 11 is 0. The van der Waals surface area contributed by atoms with Crippen LogP contribution in [0, 0.1) is 0 Å². The molecule has 0 aliphatic carbocycles. The molecule has 3 aromatic rings. The average molecular weight is 306 g/mol. The summed E-state index contributed by atoms with van der Waals surface area (Å²) in [7, 11) is 0. The summed E-state index contributed by atoms with van der Waals surface area (Å²) in [6.45, 7) is -0.158. The number of carbonyl (C=O) groups excluding carboxylic acids is 1. The Labute approximate surface area is 132 Å². The molecule has 6 heteroatoms. The zero-order valence-corrected chi connectivity index (χ0v) is 12.2.